The number of carbonyl (C=O) groups is 1. The van der Waals surface area contributed by atoms with Crippen LogP contribution in [-0.4, -0.2) is 29.1 Å². The van der Waals surface area contributed by atoms with Crippen LogP contribution in [0.5, 0.6) is 0 Å². The number of aromatic nitrogens is 1. The van der Waals surface area contributed by atoms with Gasteiger partial charge >= 0.3 is 5.97 Å². The second-order valence-corrected chi connectivity index (χ2v) is 5.77. The van der Waals surface area contributed by atoms with Crippen LogP contribution in [0.4, 0.5) is 5.82 Å². The molecule has 1 fully saturated rings. The van der Waals surface area contributed by atoms with Crippen molar-refractivity contribution in [3.8, 4) is 0 Å². The lowest BCUT2D eigenvalue weighted by Crippen LogP contribution is -2.35. The number of nitrogens with zero attached hydrogens (tertiary/aromatic N) is 2. The SMILES string of the molecule is CC1CCC(N(C)c2ncc(C(=O)O)cc2Cl)CC1. The number of rotatable bonds is 3. The van der Waals surface area contributed by atoms with Gasteiger partial charge in [0.25, 0.3) is 0 Å². The molecule has 0 bridgehead atoms. The molecule has 1 saturated carbocycles. The smallest absolute Gasteiger partial charge is 0.337 e. The predicted molar refractivity (Wildman–Crippen MR) is 76.0 cm³/mol. The molecule has 1 aliphatic rings. The molecular formula is C14H19ClN2O2. The highest BCUT2D eigenvalue weighted by Gasteiger charge is 2.24. The summed E-state index contributed by atoms with van der Waals surface area (Å²) in [5.41, 5.74) is 0.124. The lowest BCUT2D eigenvalue weighted by Gasteiger charge is -2.34. The number of halogens is 1. The van der Waals surface area contributed by atoms with E-state index in [1.807, 2.05) is 7.05 Å². The van der Waals surface area contributed by atoms with E-state index in [0.717, 1.165) is 18.8 Å². The number of anilines is 1. The summed E-state index contributed by atoms with van der Waals surface area (Å²) < 4.78 is 0. The fourth-order valence-corrected chi connectivity index (χ4v) is 2.91. The molecule has 1 aromatic heterocycles. The van der Waals surface area contributed by atoms with Gasteiger partial charge in [-0.15, -0.1) is 0 Å². The Balaban J connectivity index is 2.15. The van der Waals surface area contributed by atoms with Crippen molar-refractivity contribution < 1.29 is 9.90 Å². The van der Waals surface area contributed by atoms with Gasteiger partial charge in [0.15, 0.2) is 0 Å². The van der Waals surface area contributed by atoms with E-state index < -0.39 is 5.97 Å². The minimum absolute atomic E-state index is 0.124. The molecule has 1 N–H and O–H groups in total. The van der Waals surface area contributed by atoms with Gasteiger partial charge in [-0.05, 0) is 37.7 Å². The molecule has 1 aromatic rings. The molecule has 0 aliphatic heterocycles. The van der Waals surface area contributed by atoms with Crippen molar-refractivity contribution in [1.29, 1.82) is 0 Å². The topological polar surface area (TPSA) is 53.4 Å². The Bertz CT molecular complexity index is 471. The average Bonchev–Trinajstić information content (AvgIpc) is 2.38. The summed E-state index contributed by atoms with van der Waals surface area (Å²) in [6.07, 6.45) is 6.08. The number of hydrogen-bond acceptors (Lipinski definition) is 3. The zero-order valence-corrected chi connectivity index (χ0v) is 12.0. The van der Waals surface area contributed by atoms with Crippen LogP contribution in [-0.2, 0) is 0 Å². The zero-order chi connectivity index (χ0) is 14.0. The fraction of sp³-hybridized carbons (Fsp3) is 0.571. The maximum absolute atomic E-state index is 10.9. The molecule has 0 atom stereocenters. The molecule has 0 amide bonds. The molecule has 19 heavy (non-hydrogen) atoms. The van der Waals surface area contributed by atoms with E-state index in [1.165, 1.54) is 25.1 Å². The minimum Gasteiger partial charge on any atom is -0.478 e. The molecule has 2 rings (SSSR count). The number of carboxylic acid groups (broad SMARTS) is 1. The monoisotopic (exact) mass is 282 g/mol. The molecule has 0 aromatic carbocycles. The quantitative estimate of drug-likeness (QED) is 0.922. The molecule has 0 radical (unpaired) electrons. The van der Waals surface area contributed by atoms with E-state index in [2.05, 4.69) is 16.8 Å². The van der Waals surface area contributed by atoms with Gasteiger partial charge in [0, 0.05) is 19.3 Å². The number of pyridine rings is 1. The van der Waals surface area contributed by atoms with Gasteiger partial charge in [0.05, 0.1) is 10.6 Å². The van der Waals surface area contributed by atoms with E-state index in [1.54, 1.807) is 0 Å². The van der Waals surface area contributed by atoms with Crippen molar-refractivity contribution in [2.75, 3.05) is 11.9 Å². The van der Waals surface area contributed by atoms with Crippen LogP contribution in [0.25, 0.3) is 0 Å². The Kier molecular flexibility index (Phi) is 4.30. The third-order valence-corrected chi connectivity index (χ3v) is 4.21. The first kappa shape index (κ1) is 14.1. The van der Waals surface area contributed by atoms with Crippen LogP contribution in [0.3, 0.4) is 0 Å². The van der Waals surface area contributed by atoms with Crippen LogP contribution in [0.1, 0.15) is 43.0 Å². The van der Waals surface area contributed by atoms with Crippen molar-refractivity contribution >= 4 is 23.4 Å². The molecule has 104 valence electrons. The summed E-state index contributed by atoms with van der Waals surface area (Å²) in [7, 11) is 1.98. The molecule has 0 spiro atoms. The minimum atomic E-state index is -1.00. The Hall–Kier alpha value is -1.29. The van der Waals surface area contributed by atoms with Gasteiger partial charge in [-0.2, -0.15) is 0 Å². The maximum Gasteiger partial charge on any atom is 0.337 e. The Morgan fingerprint density at radius 2 is 2.05 bits per heavy atom. The first-order chi connectivity index (χ1) is 8.99. The van der Waals surface area contributed by atoms with Crippen LogP contribution < -0.4 is 4.90 Å². The number of aromatic carboxylic acids is 1. The molecule has 1 aliphatic carbocycles. The van der Waals surface area contributed by atoms with Crippen LogP contribution >= 0.6 is 11.6 Å². The van der Waals surface area contributed by atoms with Gasteiger partial charge in [-0.1, -0.05) is 18.5 Å². The van der Waals surface area contributed by atoms with Gasteiger partial charge < -0.3 is 10.0 Å². The molecule has 5 heteroatoms. The van der Waals surface area contributed by atoms with Gasteiger partial charge in [-0.3, -0.25) is 0 Å². The van der Waals surface area contributed by atoms with Crippen molar-refractivity contribution in [2.24, 2.45) is 5.92 Å². The number of hydrogen-bond donors (Lipinski definition) is 1. The standard InChI is InChI=1S/C14H19ClN2O2/c1-9-3-5-11(6-4-9)17(2)13-12(15)7-10(8-16-13)14(18)19/h7-9,11H,3-6H2,1-2H3,(H,18,19). The van der Waals surface area contributed by atoms with Crippen LogP contribution in [0.15, 0.2) is 12.3 Å². The van der Waals surface area contributed by atoms with Crippen LogP contribution in [0.2, 0.25) is 5.02 Å². The lowest BCUT2D eigenvalue weighted by molar-refractivity contribution is 0.0696. The first-order valence-corrected chi connectivity index (χ1v) is 6.98. The summed E-state index contributed by atoms with van der Waals surface area (Å²) in [6.45, 7) is 2.28. The summed E-state index contributed by atoms with van der Waals surface area (Å²) in [6, 6.07) is 1.91. The van der Waals surface area contributed by atoms with Crippen molar-refractivity contribution in [1.82, 2.24) is 4.98 Å². The van der Waals surface area contributed by atoms with Crippen molar-refractivity contribution in [2.45, 2.75) is 38.6 Å². The fourth-order valence-electron chi connectivity index (χ4n) is 2.61. The lowest BCUT2D eigenvalue weighted by atomic mass is 9.87. The predicted octanol–water partition coefficient (Wildman–Crippen LogP) is 3.45. The molecule has 0 saturated heterocycles. The Labute approximate surface area is 118 Å². The van der Waals surface area contributed by atoms with E-state index in [0.29, 0.717) is 16.9 Å². The first-order valence-electron chi connectivity index (χ1n) is 6.60. The summed E-state index contributed by atoms with van der Waals surface area (Å²) in [5.74, 6) is 0.462. The highest BCUT2D eigenvalue weighted by atomic mass is 35.5. The average molecular weight is 283 g/mol. The molecule has 0 unspecified atom stereocenters. The van der Waals surface area contributed by atoms with Crippen LogP contribution in [0, 0.1) is 5.92 Å². The number of carboxylic acids is 1. The van der Waals surface area contributed by atoms with E-state index in [4.69, 9.17) is 16.7 Å². The highest BCUT2D eigenvalue weighted by Crippen LogP contribution is 2.31. The van der Waals surface area contributed by atoms with E-state index >= 15 is 0 Å². The maximum atomic E-state index is 10.9. The summed E-state index contributed by atoms with van der Waals surface area (Å²) in [5, 5.41) is 9.31. The van der Waals surface area contributed by atoms with Gasteiger partial charge in [0.1, 0.15) is 5.82 Å². The Morgan fingerprint density at radius 1 is 1.42 bits per heavy atom. The molecule has 4 nitrogen and oxygen atoms in total. The zero-order valence-electron chi connectivity index (χ0n) is 11.3. The Morgan fingerprint density at radius 3 is 2.58 bits per heavy atom. The third-order valence-electron chi connectivity index (χ3n) is 3.94. The second-order valence-electron chi connectivity index (χ2n) is 5.36. The summed E-state index contributed by atoms with van der Waals surface area (Å²) in [4.78, 5) is 17.1. The largest absolute Gasteiger partial charge is 0.478 e. The molecule has 1 heterocycles. The normalized spacial score (nSPS) is 23.1. The second kappa shape index (κ2) is 5.78. The van der Waals surface area contributed by atoms with Gasteiger partial charge in [0.2, 0.25) is 0 Å². The third kappa shape index (κ3) is 3.18. The highest BCUT2D eigenvalue weighted by molar-refractivity contribution is 6.33. The van der Waals surface area contributed by atoms with Crippen molar-refractivity contribution in [3.63, 3.8) is 0 Å². The summed E-state index contributed by atoms with van der Waals surface area (Å²) >= 11 is 6.15. The van der Waals surface area contributed by atoms with Gasteiger partial charge in [-0.25, -0.2) is 9.78 Å². The van der Waals surface area contributed by atoms with E-state index in [9.17, 15) is 4.79 Å². The van der Waals surface area contributed by atoms with E-state index in [-0.39, 0.29) is 5.56 Å². The molecular weight excluding hydrogens is 264 g/mol. The van der Waals surface area contributed by atoms with Crippen molar-refractivity contribution in [3.05, 3.63) is 22.8 Å².